The van der Waals surface area contributed by atoms with Crippen LogP contribution in [-0.4, -0.2) is 60.4 Å². The van der Waals surface area contributed by atoms with Crippen LogP contribution in [0.1, 0.15) is 29.7 Å². The molecule has 1 saturated heterocycles. The Morgan fingerprint density at radius 3 is 2.42 bits per heavy atom. The van der Waals surface area contributed by atoms with Crippen LogP contribution in [0.15, 0.2) is 48.0 Å². The Morgan fingerprint density at radius 2 is 1.84 bits per heavy atom. The van der Waals surface area contributed by atoms with E-state index in [1.807, 2.05) is 57.1 Å². The van der Waals surface area contributed by atoms with Crippen molar-refractivity contribution in [2.24, 2.45) is 0 Å². The number of likely N-dealkylation sites (N-methyl/N-ethyl adjacent to an activating group) is 1. The smallest absolute Gasteiger partial charge is 0.295 e. The predicted octanol–water partition coefficient (Wildman–Crippen LogP) is 4.03. The number of aliphatic hydroxyl groups is 1. The lowest BCUT2D eigenvalue weighted by molar-refractivity contribution is -0.140. The van der Waals surface area contributed by atoms with Crippen molar-refractivity contribution < 1.29 is 19.4 Å². The highest BCUT2D eigenvalue weighted by Crippen LogP contribution is 2.40. The molecular formula is C24H27ClN2O4. The number of carbonyl (C=O) groups excluding carboxylic acids is 2. The Bertz CT molecular complexity index is 1010. The van der Waals surface area contributed by atoms with Gasteiger partial charge in [0.25, 0.3) is 11.7 Å². The molecule has 0 aromatic heterocycles. The van der Waals surface area contributed by atoms with Crippen LogP contribution in [0.25, 0.3) is 5.76 Å². The highest BCUT2D eigenvalue weighted by Gasteiger charge is 2.45. The Kier molecular flexibility index (Phi) is 7.03. The molecular weight excluding hydrogens is 416 g/mol. The molecule has 0 aliphatic carbocycles. The van der Waals surface area contributed by atoms with Crippen molar-refractivity contribution in [3.05, 3.63) is 69.8 Å². The minimum atomic E-state index is -0.702. The molecule has 164 valence electrons. The molecule has 2 aromatic rings. The molecule has 7 heteroatoms. The number of likely N-dealkylation sites (tertiary alicyclic amines) is 1. The minimum absolute atomic E-state index is 0.0628. The van der Waals surface area contributed by atoms with Crippen molar-refractivity contribution in [3.8, 4) is 5.75 Å². The van der Waals surface area contributed by atoms with Crippen molar-refractivity contribution in [2.45, 2.75) is 19.9 Å². The number of halogens is 1. The summed E-state index contributed by atoms with van der Waals surface area (Å²) in [6, 6.07) is 11.8. The van der Waals surface area contributed by atoms with E-state index >= 15 is 0 Å². The van der Waals surface area contributed by atoms with Gasteiger partial charge in [-0.2, -0.15) is 0 Å². The first-order valence-corrected chi connectivity index (χ1v) is 10.5. The van der Waals surface area contributed by atoms with Gasteiger partial charge in [-0.15, -0.1) is 0 Å². The van der Waals surface area contributed by atoms with Crippen LogP contribution >= 0.6 is 11.6 Å². The van der Waals surface area contributed by atoms with E-state index in [9.17, 15) is 14.7 Å². The molecule has 6 nitrogen and oxygen atoms in total. The third kappa shape index (κ3) is 4.75. The maximum Gasteiger partial charge on any atom is 0.295 e. The van der Waals surface area contributed by atoms with Gasteiger partial charge in [0.05, 0.1) is 23.2 Å². The summed E-state index contributed by atoms with van der Waals surface area (Å²) in [4.78, 5) is 29.4. The van der Waals surface area contributed by atoms with E-state index in [-0.39, 0.29) is 11.3 Å². The summed E-state index contributed by atoms with van der Waals surface area (Å²) in [5, 5.41) is 11.4. The maximum absolute atomic E-state index is 13.0. The normalized spacial score (nSPS) is 18.1. The molecule has 1 aliphatic rings. The number of ketones is 1. The third-order valence-corrected chi connectivity index (χ3v) is 5.52. The molecule has 0 radical (unpaired) electrons. The monoisotopic (exact) mass is 442 g/mol. The number of aliphatic hydroxyl groups excluding tert-OH is 1. The number of benzene rings is 2. The average Bonchev–Trinajstić information content (AvgIpc) is 2.98. The number of carbonyl (C=O) groups is 2. The summed E-state index contributed by atoms with van der Waals surface area (Å²) in [5.74, 6) is -1.08. The lowest BCUT2D eigenvalue weighted by atomic mass is 9.94. The number of hydrogen-bond acceptors (Lipinski definition) is 5. The van der Waals surface area contributed by atoms with Gasteiger partial charge >= 0.3 is 0 Å². The lowest BCUT2D eigenvalue weighted by Gasteiger charge is -2.26. The summed E-state index contributed by atoms with van der Waals surface area (Å²) in [7, 11) is 3.80. The van der Waals surface area contributed by atoms with Crippen molar-refractivity contribution in [1.29, 1.82) is 0 Å². The van der Waals surface area contributed by atoms with E-state index in [4.69, 9.17) is 16.3 Å². The Labute approximate surface area is 187 Å². The zero-order valence-corrected chi connectivity index (χ0v) is 18.9. The van der Waals surface area contributed by atoms with E-state index < -0.39 is 17.7 Å². The Morgan fingerprint density at radius 1 is 1.16 bits per heavy atom. The first kappa shape index (κ1) is 22.8. The first-order valence-electron chi connectivity index (χ1n) is 10.2. The number of amides is 1. The molecule has 1 aliphatic heterocycles. The molecule has 3 rings (SSSR count). The van der Waals surface area contributed by atoms with Crippen LogP contribution in [0.3, 0.4) is 0 Å². The fourth-order valence-electron chi connectivity index (χ4n) is 3.59. The number of hydrogen-bond donors (Lipinski definition) is 1. The second-order valence-electron chi connectivity index (χ2n) is 7.78. The molecule has 1 heterocycles. The van der Waals surface area contributed by atoms with E-state index in [2.05, 4.69) is 0 Å². The summed E-state index contributed by atoms with van der Waals surface area (Å²) in [6.07, 6.45) is 0. The van der Waals surface area contributed by atoms with Crippen LogP contribution in [0.2, 0.25) is 5.02 Å². The Hall–Kier alpha value is -2.83. The highest BCUT2D eigenvalue weighted by atomic mass is 35.5. The van der Waals surface area contributed by atoms with Gasteiger partial charge in [-0.1, -0.05) is 41.4 Å². The average molecular weight is 443 g/mol. The first-order chi connectivity index (χ1) is 14.7. The van der Waals surface area contributed by atoms with Gasteiger partial charge < -0.3 is 19.6 Å². The molecule has 1 fully saturated rings. The number of ether oxygens (including phenoxy) is 1. The molecule has 0 spiro atoms. The molecule has 0 saturated carbocycles. The third-order valence-electron chi connectivity index (χ3n) is 5.23. The van der Waals surface area contributed by atoms with Crippen LogP contribution in [0, 0.1) is 6.92 Å². The molecule has 2 aromatic carbocycles. The van der Waals surface area contributed by atoms with Crippen molar-refractivity contribution in [2.75, 3.05) is 33.8 Å². The Balaban J connectivity index is 2.12. The second kappa shape index (κ2) is 9.54. The van der Waals surface area contributed by atoms with Gasteiger partial charge in [0, 0.05) is 18.7 Å². The standard InChI is InChI=1S/C24H27ClN2O4/c1-5-31-19-11-10-17(14-18(19)25)22(28)20-21(16-8-6-15(2)7-9-16)27(13-12-26(3)4)24(30)23(20)29/h6-11,14,21,28H,5,12-13H2,1-4H3/b22-20+/t21-/m0/s1. The van der Waals surface area contributed by atoms with Crippen LogP contribution < -0.4 is 4.74 Å². The molecule has 1 amide bonds. The van der Waals surface area contributed by atoms with E-state index in [1.54, 1.807) is 18.2 Å². The summed E-state index contributed by atoms with van der Waals surface area (Å²) in [6.45, 7) is 5.21. The number of nitrogens with zero attached hydrogens (tertiary/aromatic N) is 2. The van der Waals surface area contributed by atoms with Crippen molar-refractivity contribution in [3.63, 3.8) is 0 Å². The summed E-state index contributed by atoms with van der Waals surface area (Å²) in [5.41, 5.74) is 2.25. The topological polar surface area (TPSA) is 70.1 Å². The summed E-state index contributed by atoms with van der Waals surface area (Å²) < 4.78 is 5.44. The second-order valence-corrected chi connectivity index (χ2v) is 8.19. The molecule has 0 bridgehead atoms. The quantitative estimate of drug-likeness (QED) is 0.398. The van der Waals surface area contributed by atoms with Gasteiger partial charge in [-0.25, -0.2) is 0 Å². The number of aryl methyl sites for hydroxylation is 1. The minimum Gasteiger partial charge on any atom is -0.507 e. The maximum atomic E-state index is 13.0. The lowest BCUT2D eigenvalue weighted by Crippen LogP contribution is -2.35. The van der Waals surface area contributed by atoms with Crippen molar-refractivity contribution in [1.82, 2.24) is 9.80 Å². The fourth-order valence-corrected chi connectivity index (χ4v) is 3.82. The zero-order valence-electron chi connectivity index (χ0n) is 18.2. The van der Waals surface area contributed by atoms with Gasteiger partial charge in [0.15, 0.2) is 0 Å². The van der Waals surface area contributed by atoms with Gasteiger partial charge in [0.2, 0.25) is 0 Å². The van der Waals surface area contributed by atoms with Crippen LogP contribution in [0.5, 0.6) is 5.75 Å². The molecule has 1 atom stereocenters. The SMILES string of the molecule is CCOc1ccc(/C(O)=C2\C(=O)C(=O)N(CCN(C)C)[C@H]2c2ccc(C)cc2)cc1Cl. The number of rotatable bonds is 7. The highest BCUT2D eigenvalue weighted by molar-refractivity contribution is 6.46. The zero-order chi connectivity index (χ0) is 22.7. The number of Topliss-reactive ketones (excluding diaryl/α,β-unsaturated/α-hetero) is 1. The van der Waals surface area contributed by atoms with E-state index in [1.165, 1.54) is 4.90 Å². The van der Waals surface area contributed by atoms with Crippen LogP contribution in [0.4, 0.5) is 0 Å². The fraction of sp³-hybridized carbons (Fsp3) is 0.333. The summed E-state index contributed by atoms with van der Waals surface area (Å²) >= 11 is 6.28. The largest absolute Gasteiger partial charge is 0.507 e. The predicted molar refractivity (Wildman–Crippen MR) is 121 cm³/mol. The van der Waals surface area contributed by atoms with Gasteiger partial charge in [-0.3, -0.25) is 9.59 Å². The van der Waals surface area contributed by atoms with Crippen molar-refractivity contribution >= 4 is 29.1 Å². The molecule has 1 N–H and O–H groups in total. The van der Waals surface area contributed by atoms with E-state index in [0.29, 0.717) is 36.0 Å². The van der Waals surface area contributed by atoms with Gasteiger partial charge in [0.1, 0.15) is 11.5 Å². The van der Waals surface area contributed by atoms with E-state index in [0.717, 1.165) is 11.1 Å². The van der Waals surface area contributed by atoms with Gasteiger partial charge in [-0.05, 0) is 51.7 Å². The molecule has 31 heavy (non-hydrogen) atoms. The molecule has 0 unspecified atom stereocenters. The van der Waals surface area contributed by atoms with Crippen LogP contribution in [-0.2, 0) is 9.59 Å².